The molecule has 1 fully saturated rings. The van der Waals surface area contributed by atoms with Gasteiger partial charge in [-0.1, -0.05) is 24.3 Å². The van der Waals surface area contributed by atoms with Crippen LogP contribution in [0.4, 0.5) is 0 Å². The van der Waals surface area contributed by atoms with Gasteiger partial charge in [0.25, 0.3) is 0 Å². The van der Waals surface area contributed by atoms with Crippen LogP contribution in [0.2, 0.25) is 0 Å². The topological polar surface area (TPSA) is 160 Å². The van der Waals surface area contributed by atoms with Crippen molar-refractivity contribution in [3.8, 4) is 23.0 Å². The Kier molecular flexibility index (Phi) is 6.26. The number of aliphatic hydroxyl groups excluding tert-OH is 4. The summed E-state index contributed by atoms with van der Waals surface area (Å²) in [5.41, 5.74) is 1.21. The standard InChI is InChI=1S/C20H22O9/c21-9-16-17(25)18(26)19(27)20(29-16)28-15-8-11(4-6-13(15)23)2-1-10-3-5-12(22)14(24)7-10/h1-8,16-27H,9H2/t16-,17-,18-,19-,20-/m0/s1. The lowest BCUT2D eigenvalue weighted by Crippen LogP contribution is -2.60. The monoisotopic (exact) mass is 406 g/mol. The fourth-order valence-electron chi connectivity index (χ4n) is 2.86. The number of rotatable bonds is 5. The van der Waals surface area contributed by atoms with Gasteiger partial charge < -0.3 is 45.2 Å². The minimum Gasteiger partial charge on any atom is -0.504 e. The lowest BCUT2D eigenvalue weighted by Gasteiger charge is -2.39. The molecule has 5 atom stereocenters. The lowest BCUT2D eigenvalue weighted by molar-refractivity contribution is -0.277. The van der Waals surface area contributed by atoms with Crippen LogP contribution in [-0.4, -0.2) is 73.1 Å². The Hall–Kier alpha value is -2.82. The highest BCUT2D eigenvalue weighted by atomic mass is 16.7. The Morgan fingerprint density at radius 3 is 2.03 bits per heavy atom. The van der Waals surface area contributed by atoms with Crippen LogP contribution in [0, 0.1) is 0 Å². The van der Waals surface area contributed by atoms with Gasteiger partial charge >= 0.3 is 0 Å². The van der Waals surface area contributed by atoms with E-state index in [0.29, 0.717) is 11.1 Å². The fraction of sp³-hybridized carbons (Fsp3) is 0.300. The average molecular weight is 406 g/mol. The Balaban J connectivity index is 1.78. The van der Waals surface area contributed by atoms with Gasteiger partial charge in [0.1, 0.15) is 24.4 Å². The number of aromatic hydroxyl groups is 3. The van der Waals surface area contributed by atoms with Crippen molar-refractivity contribution >= 4 is 12.2 Å². The van der Waals surface area contributed by atoms with Gasteiger partial charge in [-0.25, -0.2) is 0 Å². The van der Waals surface area contributed by atoms with Crippen molar-refractivity contribution in [1.82, 2.24) is 0 Å². The van der Waals surface area contributed by atoms with Crippen LogP contribution in [0.15, 0.2) is 36.4 Å². The van der Waals surface area contributed by atoms with Crippen molar-refractivity contribution in [1.29, 1.82) is 0 Å². The second-order valence-electron chi connectivity index (χ2n) is 6.62. The molecule has 0 aromatic heterocycles. The normalized spacial score (nSPS) is 27.2. The summed E-state index contributed by atoms with van der Waals surface area (Å²) in [4.78, 5) is 0. The number of aliphatic hydroxyl groups is 4. The zero-order valence-electron chi connectivity index (χ0n) is 15.2. The first-order valence-corrected chi connectivity index (χ1v) is 8.80. The van der Waals surface area contributed by atoms with Gasteiger partial charge in [0, 0.05) is 0 Å². The summed E-state index contributed by atoms with van der Waals surface area (Å²) in [6, 6.07) is 8.71. The van der Waals surface area contributed by atoms with E-state index in [-0.39, 0.29) is 23.0 Å². The zero-order chi connectivity index (χ0) is 21.1. The van der Waals surface area contributed by atoms with Gasteiger partial charge in [-0.05, 0) is 35.4 Å². The SMILES string of the molecule is OC[C@@H]1O[C@H](Oc2cc(C=Cc3ccc(O)c(O)c3)ccc2O)[C@@H](O)[C@@H](O)[C@H]1O. The summed E-state index contributed by atoms with van der Waals surface area (Å²) in [7, 11) is 0. The third kappa shape index (κ3) is 4.61. The molecule has 7 N–H and O–H groups in total. The number of hydrogen-bond donors (Lipinski definition) is 7. The van der Waals surface area contributed by atoms with Crippen LogP contribution in [0.5, 0.6) is 23.0 Å². The summed E-state index contributed by atoms with van der Waals surface area (Å²) in [5.74, 6) is -0.794. The predicted octanol–water partition coefficient (Wildman–Crippen LogP) is 0.152. The highest BCUT2D eigenvalue weighted by Crippen LogP contribution is 2.32. The maximum atomic E-state index is 10.1. The number of ether oxygens (including phenoxy) is 2. The molecule has 3 rings (SSSR count). The van der Waals surface area contributed by atoms with Crippen LogP contribution in [0.1, 0.15) is 11.1 Å². The van der Waals surface area contributed by atoms with Gasteiger partial charge in [0.05, 0.1) is 6.61 Å². The van der Waals surface area contributed by atoms with E-state index in [4.69, 9.17) is 9.47 Å². The first-order chi connectivity index (χ1) is 13.8. The molecular weight excluding hydrogens is 384 g/mol. The van der Waals surface area contributed by atoms with E-state index in [1.165, 1.54) is 24.3 Å². The van der Waals surface area contributed by atoms with Gasteiger partial charge in [0.15, 0.2) is 23.0 Å². The molecule has 0 spiro atoms. The first-order valence-electron chi connectivity index (χ1n) is 8.80. The molecule has 9 heteroatoms. The molecule has 0 radical (unpaired) electrons. The Morgan fingerprint density at radius 1 is 0.793 bits per heavy atom. The molecule has 1 aliphatic heterocycles. The second kappa shape index (κ2) is 8.68. The number of phenols is 3. The highest BCUT2D eigenvalue weighted by molar-refractivity contribution is 5.72. The maximum Gasteiger partial charge on any atom is 0.229 e. The Bertz CT molecular complexity index is 880. The van der Waals surface area contributed by atoms with Gasteiger partial charge in [0.2, 0.25) is 6.29 Å². The molecule has 0 amide bonds. The molecule has 29 heavy (non-hydrogen) atoms. The summed E-state index contributed by atoms with van der Waals surface area (Å²) in [6.07, 6.45) is -3.96. The van der Waals surface area contributed by atoms with E-state index in [1.807, 2.05) is 0 Å². The number of phenolic OH excluding ortho intramolecular Hbond substituents is 3. The van der Waals surface area contributed by atoms with Crippen molar-refractivity contribution in [2.24, 2.45) is 0 Å². The summed E-state index contributed by atoms with van der Waals surface area (Å²) >= 11 is 0. The first kappa shape index (κ1) is 20.9. The smallest absolute Gasteiger partial charge is 0.229 e. The van der Waals surface area contributed by atoms with Crippen molar-refractivity contribution in [3.05, 3.63) is 47.5 Å². The third-order valence-electron chi connectivity index (χ3n) is 4.54. The Labute approximate surface area is 165 Å². The molecule has 2 aromatic rings. The molecule has 0 saturated carbocycles. The minimum atomic E-state index is -1.61. The molecule has 156 valence electrons. The highest BCUT2D eigenvalue weighted by Gasteiger charge is 2.44. The molecule has 1 heterocycles. The number of benzene rings is 2. The zero-order valence-corrected chi connectivity index (χ0v) is 15.2. The van der Waals surface area contributed by atoms with Gasteiger partial charge in [-0.15, -0.1) is 0 Å². The molecule has 0 aliphatic carbocycles. The molecule has 0 bridgehead atoms. The fourth-order valence-corrected chi connectivity index (χ4v) is 2.86. The van der Waals surface area contributed by atoms with E-state index >= 15 is 0 Å². The third-order valence-corrected chi connectivity index (χ3v) is 4.54. The van der Waals surface area contributed by atoms with Crippen LogP contribution in [0.25, 0.3) is 12.2 Å². The molecule has 1 aliphatic rings. The molecule has 0 unspecified atom stereocenters. The Morgan fingerprint density at radius 2 is 1.41 bits per heavy atom. The molecule has 2 aromatic carbocycles. The van der Waals surface area contributed by atoms with Crippen molar-refractivity contribution < 1.29 is 45.2 Å². The van der Waals surface area contributed by atoms with E-state index in [0.717, 1.165) is 0 Å². The van der Waals surface area contributed by atoms with E-state index in [1.54, 1.807) is 24.3 Å². The van der Waals surface area contributed by atoms with Gasteiger partial charge in [-0.2, -0.15) is 0 Å². The predicted molar refractivity (Wildman–Crippen MR) is 101 cm³/mol. The van der Waals surface area contributed by atoms with Crippen LogP contribution < -0.4 is 4.74 Å². The second-order valence-corrected chi connectivity index (χ2v) is 6.62. The average Bonchev–Trinajstić information content (AvgIpc) is 2.71. The summed E-state index contributed by atoms with van der Waals surface area (Å²) < 4.78 is 10.7. The van der Waals surface area contributed by atoms with Crippen molar-refractivity contribution in [2.75, 3.05) is 6.61 Å². The van der Waals surface area contributed by atoms with Crippen molar-refractivity contribution in [3.63, 3.8) is 0 Å². The largest absolute Gasteiger partial charge is 0.504 e. The quantitative estimate of drug-likeness (QED) is 0.271. The van der Waals surface area contributed by atoms with E-state index < -0.39 is 37.3 Å². The lowest BCUT2D eigenvalue weighted by atomic mass is 9.99. The van der Waals surface area contributed by atoms with E-state index in [2.05, 4.69) is 0 Å². The van der Waals surface area contributed by atoms with Crippen LogP contribution in [-0.2, 0) is 4.74 Å². The molecule has 1 saturated heterocycles. The van der Waals surface area contributed by atoms with Crippen molar-refractivity contribution in [2.45, 2.75) is 30.7 Å². The summed E-state index contributed by atoms with van der Waals surface area (Å²) in [5, 5.41) is 67.9. The van der Waals surface area contributed by atoms with Crippen LogP contribution >= 0.6 is 0 Å². The minimum absolute atomic E-state index is 0.0509. The molecule has 9 nitrogen and oxygen atoms in total. The summed E-state index contributed by atoms with van der Waals surface area (Å²) in [6.45, 7) is -0.598. The maximum absolute atomic E-state index is 10.1. The van der Waals surface area contributed by atoms with Gasteiger partial charge in [-0.3, -0.25) is 0 Å². The van der Waals surface area contributed by atoms with Crippen LogP contribution in [0.3, 0.4) is 0 Å². The van der Waals surface area contributed by atoms with E-state index in [9.17, 15) is 35.7 Å². The number of hydrogen-bond acceptors (Lipinski definition) is 9. The molecular formula is C20H22O9.